The molecule has 210 valence electrons. The van der Waals surface area contributed by atoms with Crippen LogP contribution in [0.25, 0.3) is 11.1 Å². The number of H-pyrrole nitrogens is 1. The second-order valence-corrected chi connectivity index (χ2v) is 10.1. The van der Waals surface area contributed by atoms with Gasteiger partial charge in [-0.2, -0.15) is 0 Å². The zero-order chi connectivity index (χ0) is 28.1. The first-order chi connectivity index (χ1) is 18.9. The van der Waals surface area contributed by atoms with Gasteiger partial charge in [0.1, 0.15) is 5.75 Å². The minimum atomic E-state index is -4.00. The summed E-state index contributed by atoms with van der Waals surface area (Å²) < 4.78 is 39.1. The Bertz CT molecular complexity index is 1210. The molecular formula is C25H32N5O8P. The summed E-state index contributed by atoms with van der Waals surface area (Å²) in [6.45, 7) is 2.29. The smallest absolute Gasteiger partial charge is 0.345 e. The van der Waals surface area contributed by atoms with E-state index in [1.165, 1.54) is 0 Å². The fourth-order valence-electron chi connectivity index (χ4n) is 3.58. The Balaban J connectivity index is 1.74. The minimum Gasteiger partial charge on any atom is -0.496 e. The van der Waals surface area contributed by atoms with E-state index in [1.807, 2.05) is 48.5 Å². The first-order valence-electron chi connectivity index (χ1n) is 12.3. The number of para-hydroxylation sites is 1. The minimum absolute atomic E-state index is 0.130. The molecule has 0 fully saturated rings. The van der Waals surface area contributed by atoms with Gasteiger partial charge in [0.15, 0.2) is 19.0 Å². The van der Waals surface area contributed by atoms with Crippen molar-refractivity contribution in [2.75, 3.05) is 39.8 Å². The lowest BCUT2D eigenvalue weighted by molar-refractivity contribution is -0.146. The van der Waals surface area contributed by atoms with E-state index < -0.39 is 38.8 Å². The molecule has 3 rings (SSSR count). The van der Waals surface area contributed by atoms with Gasteiger partial charge in [-0.1, -0.05) is 42.5 Å². The summed E-state index contributed by atoms with van der Waals surface area (Å²) in [6, 6.07) is 15.0. The van der Waals surface area contributed by atoms with Crippen LogP contribution in [0.3, 0.4) is 0 Å². The number of tetrazole rings is 1. The third-order valence-electron chi connectivity index (χ3n) is 5.40. The number of nitrogens with one attached hydrogen (secondary N) is 2. The van der Waals surface area contributed by atoms with Gasteiger partial charge in [0.25, 0.3) is 0 Å². The monoisotopic (exact) mass is 561 g/mol. The zero-order valence-electron chi connectivity index (χ0n) is 22.0. The molecule has 1 unspecified atom stereocenters. The highest BCUT2D eigenvalue weighted by molar-refractivity contribution is 7.53. The van der Waals surface area contributed by atoms with Crippen LogP contribution in [0.5, 0.6) is 5.75 Å². The van der Waals surface area contributed by atoms with E-state index in [4.69, 9.17) is 23.3 Å². The maximum Gasteiger partial charge on any atom is 0.345 e. The van der Waals surface area contributed by atoms with E-state index in [0.29, 0.717) is 12.2 Å². The maximum absolute atomic E-state index is 13.4. The van der Waals surface area contributed by atoms with Crippen molar-refractivity contribution in [3.63, 3.8) is 0 Å². The van der Waals surface area contributed by atoms with E-state index in [0.717, 1.165) is 22.4 Å². The molecule has 0 aliphatic rings. The van der Waals surface area contributed by atoms with Crippen molar-refractivity contribution in [3.05, 3.63) is 59.9 Å². The number of esters is 2. The topological polar surface area (TPSA) is 164 Å². The molecule has 1 aromatic heterocycles. The first-order valence-corrected chi connectivity index (χ1v) is 14.0. The van der Waals surface area contributed by atoms with Crippen LogP contribution in [0.2, 0.25) is 0 Å². The quantitative estimate of drug-likeness (QED) is 0.194. The van der Waals surface area contributed by atoms with Crippen molar-refractivity contribution in [2.24, 2.45) is 0 Å². The maximum atomic E-state index is 13.4. The normalized spacial score (nSPS) is 12.1. The number of hydrogen-bond acceptors (Lipinski definition) is 12. The number of nitrogens with zero attached hydrogens (tertiary/aromatic N) is 3. The lowest BCUT2D eigenvalue weighted by Crippen LogP contribution is -2.28. The number of methoxy groups -OCH3 is 1. The molecule has 3 aromatic rings. The molecule has 39 heavy (non-hydrogen) atoms. The summed E-state index contributed by atoms with van der Waals surface area (Å²) in [7, 11) is -2.38. The first kappa shape index (κ1) is 29.9. The molecule has 0 radical (unpaired) electrons. The van der Waals surface area contributed by atoms with E-state index in [-0.39, 0.29) is 19.5 Å². The van der Waals surface area contributed by atoms with Crippen LogP contribution < -0.4 is 10.1 Å². The second-order valence-electron chi connectivity index (χ2n) is 8.07. The van der Waals surface area contributed by atoms with Crippen molar-refractivity contribution >= 4 is 19.5 Å². The molecule has 0 aliphatic carbocycles. The number of rotatable bonds is 16. The third kappa shape index (κ3) is 9.25. The molecule has 13 nitrogen and oxygen atoms in total. The fraction of sp³-hybridized carbons (Fsp3) is 0.400. The average molecular weight is 562 g/mol. The molecule has 0 saturated heterocycles. The van der Waals surface area contributed by atoms with Crippen LogP contribution >= 0.6 is 7.60 Å². The van der Waals surface area contributed by atoms with Crippen LogP contribution in [0, 0.1) is 0 Å². The Labute approximate surface area is 226 Å². The Morgan fingerprint density at radius 3 is 2.18 bits per heavy atom. The lowest BCUT2D eigenvalue weighted by Gasteiger charge is -2.22. The summed E-state index contributed by atoms with van der Waals surface area (Å²) in [6.07, 6.45) is 0.0509. The summed E-state index contributed by atoms with van der Waals surface area (Å²) in [5.41, 5.74) is 2.86. The predicted octanol–water partition coefficient (Wildman–Crippen LogP) is 3.06. The highest BCUT2D eigenvalue weighted by Gasteiger charge is 2.30. The van der Waals surface area contributed by atoms with Crippen molar-refractivity contribution in [3.8, 4) is 16.9 Å². The zero-order valence-corrected chi connectivity index (χ0v) is 22.9. The summed E-state index contributed by atoms with van der Waals surface area (Å²) >= 11 is 0. The Morgan fingerprint density at radius 2 is 1.62 bits per heavy atom. The largest absolute Gasteiger partial charge is 0.496 e. The number of carbonyl (C=O) groups is 2. The van der Waals surface area contributed by atoms with Gasteiger partial charge >= 0.3 is 19.5 Å². The molecule has 0 spiro atoms. The predicted molar refractivity (Wildman–Crippen MR) is 140 cm³/mol. The van der Waals surface area contributed by atoms with Crippen LogP contribution in [0.4, 0.5) is 0 Å². The van der Waals surface area contributed by atoms with Crippen LogP contribution in [0.15, 0.2) is 48.5 Å². The number of hydrogen-bond donors (Lipinski definition) is 2. The van der Waals surface area contributed by atoms with Crippen LogP contribution in [-0.4, -0.2) is 72.4 Å². The number of benzene rings is 2. The number of carbonyl (C=O) groups excluding carboxylic acids is 2. The van der Waals surface area contributed by atoms with Gasteiger partial charge in [0.2, 0.25) is 0 Å². The van der Waals surface area contributed by atoms with Crippen LogP contribution in [-0.2, 0) is 39.1 Å². The van der Waals surface area contributed by atoms with Gasteiger partial charge in [0, 0.05) is 5.56 Å². The SMILES string of the molecule is CCOC(=O)COP(=O)(CNC(Cc1ccc(-c2ccccc2OC)cc1)c1nnn[nH]1)OCC(=O)OCC. The Hall–Kier alpha value is -3.64. The van der Waals surface area contributed by atoms with E-state index in [9.17, 15) is 14.2 Å². The van der Waals surface area contributed by atoms with Crippen molar-refractivity contribution in [1.82, 2.24) is 25.9 Å². The second kappa shape index (κ2) is 15.1. The Morgan fingerprint density at radius 1 is 0.974 bits per heavy atom. The molecular weight excluding hydrogens is 529 g/mol. The van der Waals surface area contributed by atoms with Crippen LogP contribution in [0.1, 0.15) is 31.3 Å². The standard InChI is InChI=1S/C25H32N5O8P/c1-4-35-23(31)15-37-39(33,38-16-24(32)36-5-2)17-26-21(25-27-29-30-28-25)14-18-10-12-19(13-11-18)20-8-6-7-9-22(20)34-3/h6-13,21,26H,4-5,14-17H2,1-3H3,(H,27,28,29,30). The van der Waals surface area contributed by atoms with E-state index in [2.05, 4.69) is 25.9 Å². The lowest BCUT2D eigenvalue weighted by atomic mass is 10.00. The molecule has 0 aliphatic heterocycles. The van der Waals surface area contributed by atoms with E-state index in [1.54, 1.807) is 21.0 Å². The van der Waals surface area contributed by atoms with Gasteiger partial charge in [-0.25, -0.2) is 14.7 Å². The average Bonchev–Trinajstić information content (AvgIpc) is 3.49. The molecule has 0 saturated carbocycles. The molecule has 1 atom stereocenters. The van der Waals surface area contributed by atoms with Gasteiger partial charge < -0.3 is 14.2 Å². The third-order valence-corrected chi connectivity index (χ3v) is 7.02. The van der Waals surface area contributed by atoms with Gasteiger partial charge in [0.05, 0.1) is 32.7 Å². The van der Waals surface area contributed by atoms with Crippen molar-refractivity contribution < 1.29 is 37.4 Å². The molecule has 1 heterocycles. The summed E-state index contributed by atoms with van der Waals surface area (Å²) in [4.78, 5) is 23.6. The van der Waals surface area contributed by atoms with Crippen molar-refractivity contribution in [2.45, 2.75) is 26.3 Å². The number of ether oxygens (including phenoxy) is 3. The Kier molecular flexibility index (Phi) is 11.6. The highest BCUT2D eigenvalue weighted by Crippen LogP contribution is 2.47. The summed E-state index contributed by atoms with van der Waals surface area (Å²) in [5, 5.41) is 17.0. The van der Waals surface area contributed by atoms with Gasteiger partial charge in [-0.15, -0.1) is 5.10 Å². The molecule has 0 amide bonds. The van der Waals surface area contributed by atoms with Gasteiger partial charge in [-0.05, 0) is 47.9 Å². The highest BCUT2D eigenvalue weighted by atomic mass is 31.2. The molecule has 14 heteroatoms. The molecule has 2 N–H and O–H groups in total. The summed E-state index contributed by atoms with van der Waals surface area (Å²) in [5.74, 6) is -0.294. The molecule has 2 aromatic carbocycles. The van der Waals surface area contributed by atoms with Crippen molar-refractivity contribution in [1.29, 1.82) is 0 Å². The van der Waals surface area contributed by atoms with Gasteiger partial charge in [-0.3, -0.25) is 18.9 Å². The van der Waals surface area contributed by atoms with E-state index >= 15 is 0 Å². The number of aromatic amines is 1. The fourth-order valence-corrected chi connectivity index (χ4v) is 4.88. The molecule has 0 bridgehead atoms. The number of aromatic nitrogens is 4.